The molecule has 3 aliphatic rings. The van der Waals surface area contributed by atoms with Crippen molar-refractivity contribution in [3.05, 3.63) is 46.6 Å². The van der Waals surface area contributed by atoms with Gasteiger partial charge in [0.2, 0.25) is 0 Å². The SMILES string of the molecule is CC1=[C-]C(C)(C)C(C)=C1C.CCCCC1(C2=CC[C-]=C2)CCCCC1.Cl.Cl.[Zr+2]. The molecule has 3 heteroatoms. The molecule has 0 aromatic carbocycles. The van der Waals surface area contributed by atoms with Crippen LogP contribution in [0.25, 0.3) is 0 Å². The monoisotopic (exact) mass is 500 g/mol. The molecule has 0 aromatic rings. The minimum atomic E-state index is 0. The number of unbranched alkanes of at least 4 members (excludes halogenated alkanes) is 1. The maximum Gasteiger partial charge on any atom is 2.00 e. The molecule has 1 fully saturated rings. The summed E-state index contributed by atoms with van der Waals surface area (Å²) in [6, 6.07) is 0. The molecule has 0 saturated heterocycles. The Kier molecular flexibility index (Phi) is 14.9. The van der Waals surface area contributed by atoms with Crippen molar-refractivity contribution < 1.29 is 26.2 Å². The van der Waals surface area contributed by atoms with Gasteiger partial charge < -0.3 is 0 Å². The molecular weight excluding hydrogens is 462 g/mol. The van der Waals surface area contributed by atoms with Crippen molar-refractivity contribution in [1.82, 2.24) is 0 Å². The van der Waals surface area contributed by atoms with E-state index in [9.17, 15) is 0 Å². The van der Waals surface area contributed by atoms with Gasteiger partial charge in [0.05, 0.1) is 0 Å². The molecule has 158 valence electrons. The Hall–Kier alpha value is 0.423. The molecule has 0 spiro atoms. The van der Waals surface area contributed by atoms with Crippen molar-refractivity contribution in [2.75, 3.05) is 0 Å². The Morgan fingerprint density at radius 3 is 1.96 bits per heavy atom. The third kappa shape index (κ3) is 7.59. The van der Waals surface area contributed by atoms with E-state index in [-0.39, 0.29) is 56.4 Å². The molecule has 28 heavy (non-hydrogen) atoms. The Morgan fingerprint density at radius 1 is 1.00 bits per heavy atom. The van der Waals surface area contributed by atoms with E-state index < -0.39 is 0 Å². The summed E-state index contributed by atoms with van der Waals surface area (Å²) in [4.78, 5) is 0. The predicted molar refractivity (Wildman–Crippen MR) is 125 cm³/mol. The maximum absolute atomic E-state index is 3.44. The van der Waals surface area contributed by atoms with E-state index in [1.807, 2.05) is 0 Å². The summed E-state index contributed by atoms with van der Waals surface area (Å²) >= 11 is 0. The summed E-state index contributed by atoms with van der Waals surface area (Å²) in [6.07, 6.45) is 23.9. The van der Waals surface area contributed by atoms with Gasteiger partial charge in [-0.2, -0.15) is 22.8 Å². The first-order valence-electron chi connectivity index (χ1n) is 10.4. The van der Waals surface area contributed by atoms with Gasteiger partial charge in [-0.25, -0.2) is 11.6 Å². The quantitative estimate of drug-likeness (QED) is 0.337. The Bertz CT molecular complexity index is 588. The van der Waals surface area contributed by atoms with Crippen LogP contribution in [0.1, 0.15) is 99.3 Å². The van der Waals surface area contributed by atoms with Gasteiger partial charge in [-0.3, -0.25) is 12.2 Å². The Morgan fingerprint density at radius 2 is 1.61 bits per heavy atom. The zero-order valence-electron chi connectivity index (χ0n) is 18.8. The second-order valence-corrected chi connectivity index (χ2v) is 8.78. The fourth-order valence-electron chi connectivity index (χ4n) is 4.60. The van der Waals surface area contributed by atoms with E-state index in [4.69, 9.17) is 0 Å². The van der Waals surface area contributed by atoms with E-state index >= 15 is 0 Å². The van der Waals surface area contributed by atoms with E-state index in [2.05, 4.69) is 65.8 Å². The van der Waals surface area contributed by atoms with Crippen molar-refractivity contribution in [3.8, 4) is 0 Å². The van der Waals surface area contributed by atoms with Gasteiger partial charge in [0.1, 0.15) is 0 Å². The first kappa shape index (κ1) is 30.6. The van der Waals surface area contributed by atoms with Gasteiger partial charge in [-0.05, 0) is 0 Å². The van der Waals surface area contributed by atoms with Crippen LogP contribution in [-0.2, 0) is 26.2 Å². The Balaban J connectivity index is 0. The van der Waals surface area contributed by atoms with Crippen LogP contribution in [0.2, 0.25) is 0 Å². The molecular formula is C25H40Cl2Zr. The van der Waals surface area contributed by atoms with Gasteiger partial charge in [0.15, 0.2) is 0 Å². The number of hydrogen-bond acceptors (Lipinski definition) is 0. The van der Waals surface area contributed by atoms with E-state index in [0.717, 1.165) is 6.42 Å². The molecule has 0 atom stereocenters. The molecule has 0 bridgehead atoms. The minimum Gasteiger partial charge on any atom is -0.273 e. The van der Waals surface area contributed by atoms with Crippen molar-refractivity contribution >= 4 is 24.8 Å². The maximum atomic E-state index is 3.44. The molecule has 0 aliphatic heterocycles. The smallest absolute Gasteiger partial charge is 0.273 e. The minimum absolute atomic E-state index is 0. The molecule has 0 unspecified atom stereocenters. The fourth-order valence-corrected chi connectivity index (χ4v) is 4.60. The van der Waals surface area contributed by atoms with E-state index in [1.165, 1.54) is 68.1 Å². The second kappa shape index (κ2) is 13.7. The summed E-state index contributed by atoms with van der Waals surface area (Å²) in [5.74, 6) is 0. The first-order chi connectivity index (χ1) is 11.8. The Labute approximate surface area is 206 Å². The van der Waals surface area contributed by atoms with E-state index in [1.54, 1.807) is 5.57 Å². The van der Waals surface area contributed by atoms with Crippen LogP contribution in [0, 0.1) is 23.0 Å². The normalized spacial score (nSPS) is 21.4. The summed E-state index contributed by atoms with van der Waals surface area (Å²) in [5.41, 5.74) is 6.57. The van der Waals surface area contributed by atoms with Crippen LogP contribution in [-0.4, -0.2) is 0 Å². The zero-order chi connectivity index (χ0) is 18.5. The van der Waals surface area contributed by atoms with Crippen molar-refractivity contribution in [2.45, 2.75) is 99.3 Å². The molecule has 0 nitrogen and oxygen atoms in total. The average Bonchev–Trinajstić information content (AvgIpc) is 3.19. The van der Waals surface area contributed by atoms with Crippen LogP contribution in [0.3, 0.4) is 0 Å². The summed E-state index contributed by atoms with van der Waals surface area (Å²) < 4.78 is 0. The zero-order valence-corrected chi connectivity index (χ0v) is 22.9. The number of hydrogen-bond donors (Lipinski definition) is 0. The van der Waals surface area contributed by atoms with Gasteiger partial charge in [-0.15, -0.1) is 38.2 Å². The molecule has 0 heterocycles. The third-order valence-electron chi connectivity index (χ3n) is 6.69. The molecule has 0 radical (unpaired) electrons. The third-order valence-corrected chi connectivity index (χ3v) is 6.69. The standard InChI is InChI=1S/C15H23.C10H15.2ClH.Zr/c1-2-3-11-15(12-7-4-8-13-15)14-9-5-6-10-14;1-7-6-10(4,5)9(3)8(7)2;;;/h9-10H,2-5,7-8,11-13H2,1H3;1-5H3;2*1H;/q2*-1;;;+2. The molecule has 1 saturated carbocycles. The van der Waals surface area contributed by atoms with Gasteiger partial charge in [-0.1, -0.05) is 96.8 Å². The van der Waals surface area contributed by atoms with Crippen LogP contribution >= 0.6 is 24.8 Å². The first-order valence-corrected chi connectivity index (χ1v) is 10.4. The predicted octanol–water partition coefficient (Wildman–Crippen LogP) is 8.77. The van der Waals surface area contributed by atoms with Crippen LogP contribution in [0.4, 0.5) is 0 Å². The molecule has 0 N–H and O–H groups in total. The van der Waals surface area contributed by atoms with Crippen LogP contribution in [0.15, 0.2) is 34.4 Å². The van der Waals surface area contributed by atoms with Crippen molar-refractivity contribution in [3.63, 3.8) is 0 Å². The summed E-state index contributed by atoms with van der Waals surface area (Å²) in [7, 11) is 0. The summed E-state index contributed by atoms with van der Waals surface area (Å²) in [6.45, 7) is 13.2. The molecule has 0 amide bonds. The average molecular weight is 503 g/mol. The molecule has 0 aromatic heterocycles. The van der Waals surface area contributed by atoms with Gasteiger partial charge in [0, 0.05) is 0 Å². The van der Waals surface area contributed by atoms with Gasteiger partial charge >= 0.3 is 26.2 Å². The van der Waals surface area contributed by atoms with Gasteiger partial charge in [0.25, 0.3) is 0 Å². The van der Waals surface area contributed by atoms with Crippen LogP contribution in [0.5, 0.6) is 0 Å². The van der Waals surface area contributed by atoms with Crippen molar-refractivity contribution in [1.29, 1.82) is 0 Å². The topological polar surface area (TPSA) is 0 Å². The molecule has 3 rings (SSSR count). The fraction of sp³-hybridized carbons (Fsp3) is 0.680. The van der Waals surface area contributed by atoms with Crippen LogP contribution < -0.4 is 0 Å². The number of rotatable bonds is 4. The number of allylic oxidation sites excluding steroid dienone is 8. The largest absolute Gasteiger partial charge is 2.00 e. The number of halogens is 2. The van der Waals surface area contributed by atoms with Crippen molar-refractivity contribution in [2.24, 2.45) is 10.8 Å². The van der Waals surface area contributed by atoms with E-state index in [0.29, 0.717) is 5.41 Å². The summed E-state index contributed by atoms with van der Waals surface area (Å²) in [5, 5.41) is 0. The second-order valence-electron chi connectivity index (χ2n) is 8.78. The molecule has 3 aliphatic carbocycles.